The zero-order chi connectivity index (χ0) is 12.5. The first kappa shape index (κ1) is 11.2. The minimum absolute atomic E-state index is 0.314. The van der Waals surface area contributed by atoms with E-state index in [1.165, 1.54) is 11.5 Å². The summed E-state index contributed by atoms with van der Waals surface area (Å²) < 4.78 is 9.93. The quantitative estimate of drug-likeness (QED) is 0.784. The summed E-state index contributed by atoms with van der Waals surface area (Å²) in [4.78, 5) is 4.33. The van der Waals surface area contributed by atoms with Gasteiger partial charge in [0.2, 0.25) is 0 Å². The lowest BCUT2D eigenvalue weighted by Gasteiger charge is -2.00. The highest BCUT2D eigenvalue weighted by molar-refractivity contribution is 7.07. The first-order valence-electron chi connectivity index (χ1n) is 5.67. The van der Waals surface area contributed by atoms with Gasteiger partial charge in [-0.15, -0.1) is 0 Å². The highest BCUT2D eigenvalue weighted by Crippen LogP contribution is 2.27. The lowest BCUT2D eigenvalue weighted by molar-refractivity contribution is 0.476. The molecule has 18 heavy (non-hydrogen) atoms. The van der Waals surface area contributed by atoms with E-state index in [4.69, 9.17) is 4.74 Å². The summed E-state index contributed by atoms with van der Waals surface area (Å²) in [6, 6.07) is 5.76. The minimum Gasteiger partial charge on any atom is -0.430 e. The van der Waals surface area contributed by atoms with Crippen LogP contribution in [0.4, 0.5) is 0 Å². The van der Waals surface area contributed by atoms with Crippen molar-refractivity contribution in [2.75, 3.05) is 0 Å². The van der Waals surface area contributed by atoms with Crippen LogP contribution in [-0.4, -0.2) is 19.6 Å². The van der Waals surface area contributed by atoms with E-state index in [0.29, 0.717) is 11.1 Å². The first-order chi connectivity index (χ1) is 8.72. The molecule has 0 radical (unpaired) electrons. The molecule has 5 nitrogen and oxygen atoms in total. The molecule has 0 saturated carbocycles. The van der Waals surface area contributed by atoms with Crippen molar-refractivity contribution in [3.63, 3.8) is 0 Å². The van der Waals surface area contributed by atoms with Crippen LogP contribution in [0.25, 0.3) is 10.9 Å². The molecular formula is C12H12N4OS. The SMILES string of the molecule is CC(C)c1nsc(Oc2ccc3cn[nH]c3c2)n1. The van der Waals surface area contributed by atoms with Crippen LogP contribution >= 0.6 is 11.5 Å². The predicted octanol–water partition coefficient (Wildman–Crippen LogP) is 3.33. The van der Waals surface area contributed by atoms with E-state index >= 15 is 0 Å². The van der Waals surface area contributed by atoms with Crippen molar-refractivity contribution < 1.29 is 4.74 Å². The van der Waals surface area contributed by atoms with E-state index in [1.54, 1.807) is 6.20 Å². The third-order valence-corrected chi connectivity index (χ3v) is 3.17. The average Bonchev–Trinajstić information content (AvgIpc) is 2.96. The van der Waals surface area contributed by atoms with Crippen LogP contribution in [0.1, 0.15) is 25.6 Å². The number of hydrogen-bond donors (Lipinski definition) is 1. The number of H-pyrrole nitrogens is 1. The number of ether oxygens (including phenoxy) is 1. The molecule has 0 atom stereocenters. The van der Waals surface area contributed by atoms with Crippen molar-refractivity contribution in [3.8, 4) is 10.9 Å². The van der Waals surface area contributed by atoms with Gasteiger partial charge in [-0.25, -0.2) is 0 Å². The van der Waals surface area contributed by atoms with Crippen molar-refractivity contribution in [1.29, 1.82) is 0 Å². The van der Waals surface area contributed by atoms with Crippen LogP contribution in [-0.2, 0) is 0 Å². The Labute approximate surface area is 108 Å². The highest BCUT2D eigenvalue weighted by Gasteiger charge is 2.09. The highest BCUT2D eigenvalue weighted by atomic mass is 32.1. The monoisotopic (exact) mass is 260 g/mol. The molecule has 92 valence electrons. The van der Waals surface area contributed by atoms with Gasteiger partial charge < -0.3 is 4.74 Å². The Balaban J connectivity index is 1.86. The van der Waals surface area contributed by atoms with Crippen LogP contribution in [0.15, 0.2) is 24.4 Å². The smallest absolute Gasteiger partial charge is 0.298 e. The summed E-state index contributed by atoms with van der Waals surface area (Å²) in [5.74, 6) is 1.87. The maximum absolute atomic E-state index is 5.68. The zero-order valence-corrected chi connectivity index (χ0v) is 10.9. The van der Waals surface area contributed by atoms with Crippen molar-refractivity contribution in [2.24, 2.45) is 0 Å². The molecule has 0 unspecified atom stereocenters. The second-order valence-electron chi connectivity index (χ2n) is 4.29. The molecule has 2 heterocycles. The minimum atomic E-state index is 0.314. The molecule has 0 fully saturated rings. The Morgan fingerprint density at radius 2 is 2.22 bits per heavy atom. The normalized spacial score (nSPS) is 11.3. The molecule has 1 aromatic carbocycles. The summed E-state index contributed by atoms with van der Waals surface area (Å²) in [5, 5.41) is 8.50. The zero-order valence-electron chi connectivity index (χ0n) is 10.0. The second kappa shape index (κ2) is 4.38. The molecule has 0 bridgehead atoms. The first-order valence-corrected chi connectivity index (χ1v) is 6.44. The van der Waals surface area contributed by atoms with Crippen molar-refractivity contribution >= 4 is 22.4 Å². The number of aromatic nitrogens is 4. The van der Waals surface area contributed by atoms with Gasteiger partial charge in [-0.3, -0.25) is 5.10 Å². The standard InChI is InChI=1S/C12H12N4OS/c1-7(2)11-14-12(18-16-11)17-9-4-3-8-6-13-15-10(8)5-9/h3-7H,1-2H3,(H,13,15). The molecule has 1 N–H and O–H groups in total. The third-order valence-electron chi connectivity index (χ3n) is 2.56. The lowest BCUT2D eigenvalue weighted by atomic mass is 10.2. The summed E-state index contributed by atoms with van der Waals surface area (Å²) in [5.41, 5.74) is 0.945. The maximum Gasteiger partial charge on any atom is 0.298 e. The van der Waals surface area contributed by atoms with Crippen molar-refractivity contribution in [2.45, 2.75) is 19.8 Å². The number of nitrogens with one attached hydrogen (secondary N) is 1. The molecular weight excluding hydrogens is 248 g/mol. The molecule has 0 amide bonds. The van der Waals surface area contributed by atoms with Crippen molar-refractivity contribution in [3.05, 3.63) is 30.2 Å². The molecule has 0 aliphatic carbocycles. The third kappa shape index (κ3) is 2.06. The van der Waals surface area contributed by atoms with Gasteiger partial charge in [0.05, 0.1) is 11.7 Å². The largest absolute Gasteiger partial charge is 0.430 e. The van der Waals surface area contributed by atoms with Crippen LogP contribution in [0, 0.1) is 0 Å². The molecule has 0 aliphatic heterocycles. The molecule has 6 heteroatoms. The molecule has 3 rings (SSSR count). The van der Waals surface area contributed by atoms with Gasteiger partial charge in [-0.1, -0.05) is 13.8 Å². The fourth-order valence-corrected chi connectivity index (χ4v) is 2.27. The molecule has 2 aromatic heterocycles. The Bertz CT molecular complexity index is 673. The molecule has 0 saturated heterocycles. The van der Waals surface area contributed by atoms with Crippen LogP contribution in [0.5, 0.6) is 10.9 Å². The summed E-state index contributed by atoms with van der Waals surface area (Å²) in [6.45, 7) is 4.12. The average molecular weight is 260 g/mol. The fraction of sp³-hybridized carbons (Fsp3) is 0.250. The van der Waals surface area contributed by atoms with E-state index in [2.05, 4.69) is 33.4 Å². The van der Waals surface area contributed by atoms with Gasteiger partial charge in [0, 0.05) is 28.9 Å². The number of benzene rings is 1. The van der Waals surface area contributed by atoms with Crippen LogP contribution < -0.4 is 4.74 Å². The molecule has 0 aliphatic rings. The maximum atomic E-state index is 5.68. The molecule has 3 aromatic rings. The molecule has 0 spiro atoms. The van der Waals surface area contributed by atoms with E-state index in [-0.39, 0.29) is 0 Å². The predicted molar refractivity (Wildman–Crippen MR) is 70.2 cm³/mol. The Morgan fingerprint density at radius 3 is 3.00 bits per heavy atom. The lowest BCUT2D eigenvalue weighted by Crippen LogP contribution is -1.90. The van der Waals surface area contributed by atoms with E-state index in [1.807, 2.05) is 18.2 Å². The fourth-order valence-electron chi connectivity index (χ4n) is 1.58. The summed E-state index contributed by atoms with van der Waals surface area (Å²) >= 11 is 1.27. The topological polar surface area (TPSA) is 63.7 Å². The van der Waals surface area contributed by atoms with Crippen molar-refractivity contribution in [1.82, 2.24) is 19.6 Å². The number of rotatable bonds is 3. The number of hydrogen-bond acceptors (Lipinski definition) is 5. The summed E-state index contributed by atoms with van der Waals surface area (Å²) in [6.07, 6.45) is 1.78. The summed E-state index contributed by atoms with van der Waals surface area (Å²) in [7, 11) is 0. The van der Waals surface area contributed by atoms with E-state index in [9.17, 15) is 0 Å². The second-order valence-corrected chi connectivity index (χ2v) is 5.01. The van der Waals surface area contributed by atoms with Gasteiger partial charge in [0.25, 0.3) is 5.19 Å². The van der Waals surface area contributed by atoms with Gasteiger partial charge >= 0.3 is 0 Å². The number of nitrogens with zero attached hydrogens (tertiary/aromatic N) is 3. The van der Waals surface area contributed by atoms with Gasteiger partial charge in [-0.05, 0) is 12.1 Å². The Morgan fingerprint density at radius 1 is 1.33 bits per heavy atom. The van der Waals surface area contributed by atoms with Crippen LogP contribution in [0.3, 0.4) is 0 Å². The Hall–Kier alpha value is -1.95. The van der Waals surface area contributed by atoms with Gasteiger partial charge in [0.1, 0.15) is 11.6 Å². The van der Waals surface area contributed by atoms with E-state index in [0.717, 1.165) is 22.5 Å². The van der Waals surface area contributed by atoms with Gasteiger partial charge in [0.15, 0.2) is 0 Å². The number of fused-ring (bicyclic) bond motifs is 1. The Kier molecular flexibility index (Phi) is 2.71. The van der Waals surface area contributed by atoms with Gasteiger partial charge in [-0.2, -0.15) is 14.5 Å². The van der Waals surface area contributed by atoms with E-state index < -0.39 is 0 Å². The number of aromatic amines is 1. The van der Waals surface area contributed by atoms with Crippen LogP contribution in [0.2, 0.25) is 0 Å².